The van der Waals surface area contributed by atoms with Crippen LogP contribution in [-0.4, -0.2) is 46.1 Å². The van der Waals surface area contributed by atoms with E-state index in [0.29, 0.717) is 17.1 Å². The largest absolute Gasteiger partial charge is 0.476 e. The predicted molar refractivity (Wildman–Crippen MR) is 74.5 cm³/mol. The lowest BCUT2D eigenvalue weighted by molar-refractivity contribution is 0.0692. The Morgan fingerprint density at radius 3 is 2.56 bits per heavy atom. The van der Waals surface area contributed by atoms with Gasteiger partial charge in [-0.25, -0.2) is 9.78 Å². The monoisotopic (exact) mass is 271 g/mol. The number of rotatable bonds is 7. The van der Waals surface area contributed by atoms with Crippen LogP contribution in [0.4, 0.5) is 5.00 Å². The standard InChI is InChI=1S/C12H21N3O2S/c1-8(2)15(9(3)4)6-5-13-11-10(12(16)17)14-7-18-11/h7-9,13H,5-6H2,1-4H3,(H,16,17). The highest BCUT2D eigenvalue weighted by atomic mass is 32.1. The van der Waals surface area contributed by atoms with E-state index in [1.807, 2.05) is 0 Å². The molecular weight excluding hydrogens is 250 g/mol. The van der Waals surface area contributed by atoms with Crippen LogP contribution in [0.1, 0.15) is 38.2 Å². The fourth-order valence-corrected chi connectivity index (χ4v) is 2.64. The van der Waals surface area contributed by atoms with Gasteiger partial charge < -0.3 is 10.4 Å². The van der Waals surface area contributed by atoms with Crippen LogP contribution >= 0.6 is 11.3 Å². The van der Waals surface area contributed by atoms with Crippen LogP contribution < -0.4 is 5.32 Å². The second-order valence-electron chi connectivity index (χ2n) is 4.69. The highest BCUT2D eigenvalue weighted by Gasteiger charge is 2.15. The first kappa shape index (κ1) is 14.9. The van der Waals surface area contributed by atoms with E-state index in [-0.39, 0.29) is 5.69 Å². The molecule has 0 aromatic carbocycles. The first-order chi connectivity index (χ1) is 8.43. The molecule has 0 amide bonds. The van der Waals surface area contributed by atoms with Gasteiger partial charge in [0.15, 0.2) is 5.69 Å². The lowest BCUT2D eigenvalue weighted by atomic mass is 10.2. The molecule has 102 valence electrons. The molecule has 1 rings (SSSR count). The number of carboxylic acids is 1. The molecule has 0 radical (unpaired) electrons. The van der Waals surface area contributed by atoms with Crippen molar-refractivity contribution in [1.29, 1.82) is 0 Å². The number of aromatic nitrogens is 1. The van der Waals surface area contributed by atoms with Gasteiger partial charge in [0.2, 0.25) is 0 Å². The summed E-state index contributed by atoms with van der Waals surface area (Å²) in [5.74, 6) is -0.983. The highest BCUT2D eigenvalue weighted by Crippen LogP contribution is 2.19. The Labute approximate surface area is 112 Å². The molecule has 0 aliphatic rings. The molecule has 1 aromatic rings. The Balaban J connectivity index is 2.50. The van der Waals surface area contributed by atoms with Gasteiger partial charge in [-0.1, -0.05) is 0 Å². The third-order valence-electron chi connectivity index (χ3n) is 2.75. The van der Waals surface area contributed by atoms with Gasteiger partial charge in [-0.2, -0.15) is 0 Å². The van der Waals surface area contributed by atoms with Crippen molar-refractivity contribution in [2.24, 2.45) is 0 Å². The molecule has 18 heavy (non-hydrogen) atoms. The number of nitrogens with one attached hydrogen (secondary N) is 1. The van der Waals surface area contributed by atoms with Gasteiger partial charge in [-0.3, -0.25) is 4.90 Å². The van der Waals surface area contributed by atoms with Gasteiger partial charge in [0.1, 0.15) is 5.00 Å². The van der Waals surface area contributed by atoms with E-state index in [2.05, 4.69) is 42.9 Å². The van der Waals surface area contributed by atoms with Gasteiger partial charge in [0, 0.05) is 25.2 Å². The quantitative estimate of drug-likeness (QED) is 0.797. The average molecular weight is 271 g/mol. The Bertz CT molecular complexity index is 382. The lowest BCUT2D eigenvalue weighted by Gasteiger charge is -2.30. The molecular formula is C12H21N3O2S. The SMILES string of the molecule is CC(C)N(CCNc1scnc1C(=O)O)C(C)C. The minimum absolute atomic E-state index is 0.112. The van der Waals surface area contributed by atoms with Crippen molar-refractivity contribution >= 4 is 22.3 Å². The summed E-state index contributed by atoms with van der Waals surface area (Å²) in [5.41, 5.74) is 1.66. The molecule has 0 atom stereocenters. The number of hydrogen-bond acceptors (Lipinski definition) is 5. The molecule has 0 fully saturated rings. The second-order valence-corrected chi connectivity index (χ2v) is 5.54. The van der Waals surface area contributed by atoms with Crippen LogP contribution in [0.3, 0.4) is 0 Å². The van der Waals surface area contributed by atoms with Crippen molar-refractivity contribution < 1.29 is 9.90 Å². The zero-order valence-electron chi connectivity index (χ0n) is 11.3. The first-order valence-electron chi connectivity index (χ1n) is 6.09. The topological polar surface area (TPSA) is 65.5 Å². The van der Waals surface area contributed by atoms with Crippen molar-refractivity contribution in [3.8, 4) is 0 Å². The van der Waals surface area contributed by atoms with Crippen LogP contribution in [0.2, 0.25) is 0 Å². The van der Waals surface area contributed by atoms with Crippen molar-refractivity contribution in [1.82, 2.24) is 9.88 Å². The minimum atomic E-state index is -0.983. The van der Waals surface area contributed by atoms with E-state index in [1.165, 1.54) is 11.3 Å². The summed E-state index contributed by atoms with van der Waals surface area (Å²) in [4.78, 5) is 17.1. The van der Waals surface area contributed by atoms with E-state index in [0.717, 1.165) is 13.1 Å². The highest BCUT2D eigenvalue weighted by molar-refractivity contribution is 7.14. The zero-order valence-corrected chi connectivity index (χ0v) is 12.1. The number of thiazole rings is 1. The van der Waals surface area contributed by atoms with E-state index in [1.54, 1.807) is 5.51 Å². The van der Waals surface area contributed by atoms with Crippen molar-refractivity contribution in [2.45, 2.75) is 39.8 Å². The summed E-state index contributed by atoms with van der Waals surface area (Å²) in [5, 5.41) is 12.7. The number of carbonyl (C=O) groups is 1. The molecule has 6 heteroatoms. The molecule has 0 saturated heterocycles. The van der Waals surface area contributed by atoms with Crippen LogP contribution in [0.25, 0.3) is 0 Å². The maximum Gasteiger partial charge on any atom is 0.357 e. The van der Waals surface area contributed by atoms with E-state index < -0.39 is 5.97 Å². The fraction of sp³-hybridized carbons (Fsp3) is 0.667. The Morgan fingerprint density at radius 1 is 1.44 bits per heavy atom. The minimum Gasteiger partial charge on any atom is -0.476 e. The van der Waals surface area contributed by atoms with Crippen LogP contribution in [0.15, 0.2) is 5.51 Å². The summed E-state index contributed by atoms with van der Waals surface area (Å²) >= 11 is 1.32. The normalized spacial score (nSPS) is 11.5. The number of carboxylic acid groups (broad SMARTS) is 1. The smallest absolute Gasteiger partial charge is 0.357 e. The van der Waals surface area contributed by atoms with Crippen molar-refractivity contribution in [3.63, 3.8) is 0 Å². The van der Waals surface area contributed by atoms with Crippen molar-refractivity contribution in [2.75, 3.05) is 18.4 Å². The first-order valence-corrected chi connectivity index (χ1v) is 6.97. The average Bonchev–Trinajstić information content (AvgIpc) is 2.71. The summed E-state index contributed by atoms with van der Waals surface area (Å²) in [6.45, 7) is 10.3. The number of aromatic carboxylic acids is 1. The third kappa shape index (κ3) is 3.96. The van der Waals surface area contributed by atoms with E-state index in [9.17, 15) is 4.79 Å². The summed E-state index contributed by atoms with van der Waals surface area (Å²) in [6, 6.07) is 0.958. The van der Waals surface area contributed by atoms with Gasteiger partial charge in [-0.15, -0.1) is 11.3 Å². The summed E-state index contributed by atoms with van der Waals surface area (Å²) in [6.07, 6.45) is 0. The molecule has 0 saturated carbocycles. The summed E-state index contributed by atoms with van der Waals surface area (Å²) < 4.78 is 0. The third-order valence-corrected chi connectivity index (χ3v) is 3.54. The molecule has 0 aliphatic heterocycles. The molecule has 1 heterocycles. The van der Waals surface area contributed by atoms with E-state index in [4.69, 9.17) is 5.11 Å². The van der Waals surface area contributed by atoms with Crippen LogP contribution in [0.5, 0.6) is 0 Å². The Kier molecular flexibility index (Phi) is 5.55. The Morgan fingerprint density at radius 2 is 2.06 bits per heavy atom. The van der Waals surface area contributed by atoms with Crippen molar-refractivity contribution in [3.05, 3.63) is 11.2 Å². The van der Waals surface area contributed by atoms with Gasteiger partial charge in [-0.05, 0) is 27.7 Å². The number of hydrogen-bond donors (Lipinski definition) is 2. The molecule has 0 spiro atoms. The van der Waals surface area contributed by atoms with Gasteiger partial charge in [0.05, 0.1) is 5.51 Å². The maximum absolute atomic E-state index is 10.9. The van der Waals surface area contributed by atoms with Crippen LogP contribution in [0, 0.1) is 0 Å². The molecule has 2 N–H and O–H groups in total. The van der Waals surface area contributed by atoms with E-state index >= 15 is 0 Å². The maximum atomic E-state index is 10.9. The van der Waals surface area contributed by atoms with Crippen LogP contribution in [-0.2, 0) is 0 Å². The molecule has 1 aromatic heterocycles. The van der Waals surface area contributed by atoms with Gasteiger partial charge >= 0.3 is 5.97 Å². The fourth-order valence-electron chi connectivity index (χ4n) is 1.94. The predicted octanol–water partition coefficient (Wildman–Crippen LogP) is 2.37. The molecule has 0 unspecified atom stereocenters. The number of anilines is 1. The van der Waals surface area contributed by atoms with Gasteiger partial charge in [0.25, 0.3) is 0 Å². The zero-order chi connectivity index (χ0) is 13.7. The molecule has 0 aliphatic carbocycles. The Hall–Kier alpha value is -1.14. The lowest BCUT2D eigenvalue weighted by Crippen LogP contribution is -2.40. The molecule has 0 bridgehead atoms. The second kappa shape index (κ2) is 6.70. The summed E-state index contributed by atoms with van der Waals surface area (Å²) in [7, 11) is 0. The molecule has 5 nitrogen and oxygen atoms in total. The number of nitrogens with zero attached hydrogens (tertiary/aromatic N) is 2.